The molecule has 0 fully saturated rings. The minimum atomic E-state index is 0.284. The van der Waals surface area contributed by atoms with Crippen LogP contribution < -0.4 is 0 Å². The first-order valence-corrected chi connectivity index (χ1v) is 4.39. The molecule has 0 radical (unpaired) electrons. The predicted molar refractivity (Wildman–Crippen MR) is 50.9 cm³/mol. The highest BCUT2D eigenvalue weighted by atomic mass is 32.2. The molecule has 0 aromatic heterocycles. The van der Waals surface area contributed by atoms with E-state index >= 15 is 0 Å². The van der Waals surface area contributed by atoms with Gasteiger partial charge in [0.05, 0.1) is 12.1 Å². The van der Waals surface area contributed by atoms with Gasteiger partial charge in [-0.1, -0.05) is 30.3 Å². The maximum atomic E-state index is 12.2. The van der Waals surface area contributed by atoms with Crippen LogP contribution in [-0.4, -0.2) is 0 Å². The quantitative estimate of drug-likeness (QED) is 0.639. The topological polar surface area (TPSA) is 0 Å². The molecule has 0 bridgehead atoms. The lowest BCUT2D eigenvalue weighted by Gasteiger charge is -1.97. The molecule has 0 amide bonds. The van der Waals surface area contributed by atoms with E-state index in [9.17, 15) is 3.89 Å². The standard InChI is InChI=1S/C10H7FS/c11-12-10-6-5-8-3-1-2-4-9(8)7-10/h1-7H. The lowest BCUT2D eigenvalue weighted by atomic mass is 10.1. The summed E-state index contributed by atoms with van der Waals surface area (Å²) < 4.78 is 12.2. The van der Waals surface area contributed by atoms with Crippen molar-refractivity contribution in [3.8, 4) is 0 Å². The molecule has 0 aliphatic carbocycles. The van der Waals surface area contributed by atoms with Crippen molar-refractivity contribution in [2.45, 2.75) is 4.90 Å². The van der Waals surface area contributed by atoms with Crippen molar-refractivity contribution in [3.63, 3.8) is 0 Å². The highest BCUT2D eigenvalue weighted by Crippen LogP contribution is 2.23. The Morgan fingerprint density at radius 2 is 1.67 bits per heavy atom. The third kappa shape index (κ3) is 1.30. The molecule has 0 aliphatic heterocycles. The molecule has 0 aliphatic rings. The van der Waals surface area contributed by atoms with Gasteiger partial charge in [0, 0.05) is 4.90 Å². The van der Waals surface area contributed by atoms with E-state index in [-0.39, 0.29) is 12.1 Å². The second kappa shape index (κ2) is 3.15. The monoisotopic (exact) mass is 178 g/mol. The maximum Gasteiger partial charge on any atom is 0.0812 e. The number of rotatable bonds is 1. The minimum absolute atomic E-state index is 0.284. The Bertz CT molecular complexity index is 398. The third-order valence-electron chi connectivity index (χ3n) is 1.81. The van der Waals surface area contributed by atoms with Crippen LogP contribution in [-0.2, 0) is 0 Å². The summed E-state index contributed by atoms with van der Waals surface area (Å²) >= 11 is 0.284. The van der Waals surface area contributed by atoms with Gasteiger partial charge in [-0.05, 0) is 22.9 Å². The first-order chi connectivity index (χ1) is 5.90. The molecular weight excluding hydrogens is 171 g/mol. The van der Waals surface area contributed by atoms with Crippen LogP contribution in [0, 0.1) is 0 Å². The van der Waals surface area contributed by atoms with Gasteiger partial charge in [-0.2, -0.15) is 3.89 Å². The summed E-state index contributed by atoms with van der Waals surface area (Å²) in [6, 6.07) is 13.5. The number of hydrogen-bond donors (Lipinski definition) is 0. The fourth-order valence-electron chi connectivity index (χ4n) is 1.22. The molecule has 2 heteroatoms. The molecule has 0 saturated heterocycles. The van der Waals surface area contributed by atoms with Gasteiger partial charge in [0.1, 0.15) is 0 Å². The van der Waals surface area contributed by atoms with Crippen molar-refractivity contribution in [1.82, 2.24) is 0 Å². The summed E-state index contributed by atoms with van der Waals surface area (Å²) in [5.74, 6) is 0. The molecular formula is C10H7FS. The van der Waals surface area contributed by atoms with Crippen LogP contribution in [0.15, 0.2) is 47.4 Å². The van der Waals surface area contributed by atoms with Crippen LogP contribution in [0.25, 0.3) is 10.8 Å². The van der Waals surface area contributed by atoms with Crippen molar-refractivity contribution in [2.24, 2.45) is 0 Å². The van der Waals surface area contributed by atoms with Crippen molar-refractivity contribution in [1.29, 1.82) is 0 Å². The molecule has 0 saturated carbocycles. The summed E-state index contributed by atoms with van der Waals surface area (Å²) in [6.45, 7) is 0. The van der Waals surface area contributed by atoms with Crippen LogP contribution in [0.4, 0.5) is 3.89 Å². The van der Waals surface area contributed by atoms with Gasteiger partial charge >= 0.3 is 0 Å². The molecule has 0 nitrogen and oxygen atoms in total. The molecule has 0 atom stereocenters. The van der Waals surface area contributed by atoms with E-state index in [4.69, 9.17) is 0 Å². The molecule has 0 N–H and O–H groups in total. The fraction of sp³-hybridized carbons (Fsp3) is 0. The SMILES string of the molecule is FSc1ccc2ccccc2c1. The van der Waals surface area contributed by atoms with Gasteiger partial charge in [-0.3, -0.25) is 0 Å². The van der Waals surface area contributed by atoms with E-state index in [1.807, 2.05) is 36.4 Å². The largest absolute Gasteiger partial charge is 0.160 e. The number of halogens is 1. The number of hydrogen-bond acceptors (Lipinski definition) is 1. The zero-order valence-electron chi connectivity index (χ0n) is 6.33. The smallest absolute Gasteiger partial charge is 0.0812 e. The zero-order chi connectivity index (χ0) is 8.39. The molecule has 12 heavy (non-hydrogen) atoms. The predicted octanol–water partition coefficient (Wildman–Crippen LogP) is 3.82. The van der Waals surface area contributed by atoms with Crippen LogP contribution in [0.3, 0.4) is 0 Å². The second-order valence-corrected chi connectivity index (χ2v) is 3.21. The number of fused-ring (bicyclic) bond motifs is 1. The maximum absolute atomic E-state index is 12.2. The van der Waals surface area contributed by atoms with Crippen LogP contribution in [0.5, 0.6) is 0 Å². The Balaban J connectivity index is 2.67. The second-order valence-electron chi connectivity index (χ2n) is 2.59. The number of benzene rings is 2. The highest BCUT2D eigenvalue weighted by Gasteiger charge is 1.94. The fourth-order valence-corrected chi connectivity index (χ4v) is 1.51. The molecule has 2 aromatic rings. The lowest BCUT2D eigenvalue weighted by Crippen LogP contribution is -1.71. The van der Waals surface area contributed by atoms with Crippen molar-refractivity contribution < 1.29 is 3.89 Å². The van der Waals surface area contributed by atoms with E-state index in [0.717, 1.165) is 10.8 Å². The molecule has 0 spiro atoms. The summed E-state index contributed by atoms with van der Waals surface area (Å²) in [4.78, 5) is 0.661. The lowest BCUT2D eigenvalue weighted by molar-refractivity contribution is 0.934. The Hall–Kier alpha value is -1.02. The Kier molecular flexibility index (Phi) is 2.00. The van der Waals surface area contributed by atoms with E-state index in [2.05, 4.69) is 0 Å². The summed E-state index contributed by atoms with van der Waals surface area (Å²) in [5.41, 5.74) is 0. The van der Waals surface area contributed by atoms with E-state index in [1.54, 1.807) is 6.07 Å². The van der Waals surface area contributed by atoms with Gasteiger partial charge < -0.3 is 0 Å². The van der Waals surface area contributed by atoms with Crippen molar-refractivity contribution >= 4 is 22.9 Å². The van der Waals surface area contributed by atoms with Gasteiger partial charge in [-0.25, -0.2) is 0 Å². The van der Waals surface area contributed by atoms with Crippen LogP contribution in [0.1, 0.15) is 0 Å². The van der Waals surface area contributed by atoms with E-state index in [0.29, 0.717) is 4.90 Å². The normalized spacial score (nSPS) is 10.4. The molecule has 2 rings (SSSR count). The third-order valence-corrected chi connectivity index (χ3v) is 2.24. The average molecular weight is 178 g/mol. The van der Waals surface area contributed by atoms with Crippen molar-refractivity contribution in [3.05, 3.63) is 42.5 Å². The average Bonchev–Trinajstić information content (AvgIpc) is 2.17. The van der Waals surface area contributed by atoms with Crippen LogP contribution in [0.2, 0.25) is 0 Å². The summed E-state index contributed by atoms with van der Waals surface area (Å²) in [7, 11) is 0. The van der Waals surface area contributed by atoms with E-state index < -0.39 is 0 Å². The highest BCUT2D eigenvalue weighted by molar-refractivity contribution is 7.94. The summed E-state index contributed by atoms with van der Waals surface area (Å²) in [6.07, 6.45) is 0. The van der Waals surface area contributed by atoms with Gasteiger partial charge in [-0.15, -0.1) is 0 Å². The molecule has 2 aromatic carbocycles. The van der Waals surface area contributed by atoms with Gasteiger partial charge in [0.25, 0.3) is 0 Å². The van der Waals surface area contributed by atoms with Crippen molar-refractivity contribution in [2.75, 3.05) is 0 Å². The first kappa shape index (κ1) is 7.62. The van der Waals surface area contributed by atoms with E-state index in [1.165, 1.54) is 0 Å². The Labute approximate surface area is 74.7 Å². The Morgan fingerprint density at radius 3 is 2.42 bits per heavy atom. The zero-order valence-corrected chi connectivity index (χ0v) is 7.14. The molecule has 0 heterocycles. The first-order valence-electron chi connectivity index (χ1n) is 3.67. The molecule has 60 valence electrons. The Morgan fingerprint density at radius 1 is 0.917 bits per heavy atom. The summed E-state index contributed by atoms with van der Waals surface area (Å²) in [5, 5.41) is 2.23. The van der Waals surface area contributed by atoms with Gasteiger partial charge in [0.15, 0.2) is 0 Å². The van der Waals surface area contributed by atoms with Crippen LogP contribution >= 0.6 is 12.1 Å². The molecule has 0 unspecified atom stereocenters. The van der Waals surface area contributed by atoms with Gasteiger partial charge in [0.2, 0.25) is 0 Å². The minimum Gasteiger partial charge on any atom is -0.160 e.